The maximum Gasteiger partial charge on any atom is 0.259 e. The zero-order chi connectivity index (χ0) is 23.4. The summed E-state index contributed by atoms with van der Waals surface area (Å²) in [5.41, 5.74) is 2.12. The Kier molecular flexibility index (Phi) is 7.83. The second-order valence-corrected chi connectivity index (χ2v) is 9.96. The predicted molar refractivity (Wildman–Crippen MR) is 135 cm³/mol. The lowest BCUT2D eigenvalue weighted by molar-refractivity contribution is -0.121. The number of hydrogen-bond donors (Lipinski definition) is 2. The van der Waals surface area contributed by atoms with E-state index in [9.17, 15) is 9.59 Å². The molecule has 1 amide bonds. The van der Waals surface area contributed by atoms with Crippen molar-refractivity contribution >= 4 is 39.1 Å². The molecular formula is C25H31ClN4O2S. The number of nitrogens with zero attached hydrogens (tertiary/aromatic N) is 2. The van der Waals surface area contributed by atoms with Crippen molar-refractivity contribution in [3.63, 3.8) is 0 Å². The van der Waals surface area contributed by atoms with E-state index in [1.54, 1.807) is 11.3 Å². The maximum atomic E-state index is 12.7. The van der Waals surface area contributed by atoms with Crippen molar-refractivity contribution < 1.29 is 4.79 Å². The van der Waals surface area contributed by atoms with Crippen LogP contribution < -0.4 is 10.9 Å². The first kappa shape index (κ1) is 23.9. The van der Waals surface area contributed by atoms with E-state index in [1.807, 2.05) is 24.3 Å². The van der Waals surface area contributed by atoms with Gasteiger partial charge in [0.2, 0.25) is 5.91 Å². The van der Waals surface area contributed by atoms with E-state index in [1.165, 1.54) is 16.9 Å². The third kappa shape index (κ3) is 5.31. The van der Waals surface area contributed by atoms with Crippen LogP contribution in [-0.2, 0) is 24.1 Å². The number of thiophene rings is 1. The van der Waals surface area contributed by atoms with Crippen molar-refractivity contribution in [1.82, 2.24) is 20.2 Å². The van der Waals surface area contributed by atoms with Gasteiger partial charge in [-0.3, -0.25) is 14.5 Å². The Morgan fingerprint density at radius 1 is 1.24 bits per heavy atom. The Labute approximate surface area is 203 Å². The summed E-state index contributed by atoms with van der Waals surface area (Å²) in [5, 5.41) is 4.52. The van der Waals surface area contributed by atoms with Gasteiger partial charge in [0.25, 0.3) is 5.56 Å². The van der Waals surface area contributed by atoms with Crippen LogP contribution >= 0.6 is 22.9 Å². The molecule has 176 valence electrons. The van der Waals surface area contributed by atoms with Crippen LogP contribution in [0, 0.1) is 0 Å². The number of carbonyl (C=O) groups is 1. The average molecular weight is 487 g/mol. The second kappa shape index (κ2) is 10.8. The molecule has 1 aromatic carbocycles. The van der Waals surface area contributed by atoms with Crippen molar-refractivity contribution in [3.8, 4) is 0 Å². The Morgan fingerprint density at radius 3 is 2.76 bits per heavy atom. The minimum Gasteiger partial charge on any atom is -0.354 e. The van der Waals surface area contributed by atoms with E-state index in [2.05, 4.69) is 34.0 Å². The molecule has 3 aromatic rings. The zero-order valence-electron chi connectivity index (χ0n) is 19.2. The van der Waals surface area contributed by atoms with Crippen molar-refractivity contribution in [2.45, 2.75) is 58.4 Å². The molecule has 2 heterocycles. The lowest BCUT2D eigenvalue weighted by Crippen LogP contribution is -2.38. The minimum absolute atomic E-state index is 0.00405. The van der Waals surface area contributed by atoms with Gasteiger partial charge in [-0.1, -0.05) is 43.6 Å². The number of H-pyrrole nitrogens is 1. The first-order valence-electron chi connectivity index (χ1n) is 11.8. The van der Waals surface area contributed by atoms with E-state index < -0.39 is 0 Å². The lowest BCUT2D eigenvalue weighted by Gasteiger charge is -2.31. The lowest BCUT2D eigenvalue weighted by atomic mass is 9.97. The monoisotopic (exact) mass is 486 g/mol. The van der Waals surface area contributed by atoms with Gasteiger partial charge in [0.15, 0.2) is 0 Å². The zero-order valence-corrected chi connectivity index (χ0v) is 20.8. The fourth-order valence-corrected chi connectivity index (χ4v) is 6.25. The van der Waals surface area contributed by atoms with Gasteiger partial charge < -0.3 is 10.3 Å². The van der Waals surface area contributed by atoms with E-state index in [0.29, 0.717) is 23.8 Å². The molecule has 0 aliphatic heterocycles. The molecular weight excluding hydrogens is 456 g/mol. The van der Waals surface area contributed by atoms with Gasteiger partial charge in [-0.2, -0.15) is 0 Å². The molecule has 4 rings (SSSR count). The largest absolute Gasteiger partial charge is 0.354 e. The highest BCUT2D eigenvalue weighted by Crippen LogP contribution is 2.33. The number of aromatic nitrogens is 2. The van der Waals surface area contributed by atoms with Crippen LogP contribution in [0.5, 0.6) is 0 Å². The summed E-state index contributed by atoms with van der Waals surface area (Å²) >= 11 is 8.09. The van der Waals surface area contributed by atoms with Crippen LogP contribution in [0.25, 0.3) is 10.2 Å². The van der Waals surface area contributed by atoms with Crippen LogP contribution in [0.1, 0.15) is 61.0 Å². The molecule has 0 saturated carbocycles. The number of benzene rings is 1. The molecule has 33 heavy (non-hydrogen) atoms. The molecule has 1 aliphatic carbocycles. The molecule has 8 heteroatoms. The number of amides is 1. The first-order valence-corrected chi connectivity index (χ1v) is 13.0. The molecule has 1 unspecified atom stereocenters. The van der Waals surface area contributed by atoms with Crippen LogP contribution in [0.15, 0.2) is 29.1 Å². The number of hydrogen-bond acceptors (Lipinski definition) is 5. The Hall–Kier alpha value is -2.22. The number of halogens is 1. The van der Waals surface area contributed by atoms with Crippen LogP contribution in [0.4, 0.5) is 0 Å². The second-order valence-electron chi connectivity index (χ2n) is 8.47. The van der Waals surface area contributed by atoms with Gasteiger partial charge in [-0.05, 0) is 56.0 Å². The Morgan fingerprint density at radius 2 is 2.00 bits per heavy atom. The van der Waals surface area contributed by atoms with Gasteiger partial charge in [0.1, 0.15) is 10.7 Å². The number of aromatic amines is 1. The van der Waals surface area contributed by atoms with Gasteiger partial charge >= 0.3 is 0 Å². The molecule has 2 aromatic heterocycles. The summed E-state index contributed by atoms with van der Waals surface area (Å²) in [6.07, 6.45) is 4.97. The van der Waals surface area contributed by atoms with Crippen molar-refractivity contribution in [2.75, 3.05) is 19.6 Å². The fourth-order valence-electron chi connectivity index (χ4n) is 4.70. The number of likely N-dealkylation sites (N-methyl/N-ethyl adjacent to an activating group) is 1. The Bertz CT molecular complexity index is 1180. The topological polar surface area (TPSA) is 78.1 Å². The Balaban J connectivity index is 1.41. The SMILES string of the molecule is CCN(CC)C(CNC(=O)CCc1nc2sc3c(c2c(=O)[nH]1)CCCC3)c1ccccc1Cl. The molecule has 1 aliphatic rings. The predicted octanol–water partition coefficient (Wildman–Crippen LogP) is 4.65. The van der Waals surface area contributed by atoms with Crippen molar-refractivity contribution in [2.24, 2.45) is 0 Å². The summed E-state index contributed by atoms with van der Waals surface area (Å²) in [5.74, 6) is 0.514. The summed E-state index contributed by atoms with van der Waals surface area (Å²) < 4.78 is 0. The van der Waals surface area contributed by atoms with E-state index in [-0.39, 0.29) is 23.9 Å². The number of carbonyl (C=O) groups excluding carboxylic acids is 1. The van der Waals surface area contributed by atoms with Gasteiger partial charge in [-0.15, -0.1) is 11.3 Å². The van der Waals surface area contributed by atoms with Crippen LogP contribution in [-0.4, -0.2) is 40.4 Å². The summed E-state index contributed by atoms with van der Waals surface area (Å²) in [7, 11) is 0. The molecule has 0 saturated heterocycles. The quantitative estimate of drug-likeness (QED) is 0.461. The van der Waals surface area contributed by atoms with E-state index in [0.717, 1.165) is 48.1 Å². The number of nitrogens with one attached hydrogen (secondary N) is 2. The maximum absolute atomic E-state index is 12.7. The molecule has 0 spiro atoms. The fraction of sp³-hybridized carbons (Fsp3) is 0.480. The highest BCUT2D eigenvalue weighted by Gasteiger charge is 2.22. The average Bonchev–Trinajstić information content (AvgIpc) is 3.20. The number of fused-ring (bicyclic) bond motifs is 3. The van der Waals surface area contributed by atoms with Crippen LogP contribution in [0.3, 0.4) is 0 Å². The number of rotatable bonds is 9. The third-order valence-electron chi connectivity index (χ3n) is 6.47. The summed E-state index contributed by atoms with van der Waals surface area (Å²) in [6.45, 7) is 6.41. The number of aryl methyl sites for hydroxylation is 3. The molecule has 0 fully saturated rings. The van der Waals surface area contributed by atoms with Crippen molar-refractivity contribution in [1.29, 1.82) is 0 Å². The van der Waals surface area contributed by atoms with Gasteiger partial charge in [0, 0.05) is 29.3 Å². The molecule has 0 radical (unpaired) electrons. The molecule has 6 nitrogen and oxygen atoms in total. The standard InChI is InChI=1S/C25H31ClN4O2S/c1-3-30(4-2)19(16-9-5-7-11-18(16)26)15-27-22(31)14-13-21-28-24(32)23-17-10-6-8-12-20(17)33-25(23)29-21/h5,7,9,11,19H,3-4,6,8,10,12-15H2,1-2H3,(H,27,31)(H,28,29,32). The smallest absolute Gasteiger partial charge is 0.259 e. The summed E-state index contributed by atoms with van der Waals surface area (Å²) in [6, 6.07) is 7.79. The van der Waals surface area contributed by atoms with Crippen LogP contribution in [0.2, 0.25) is 5.02 Å². The summed E-state index contributed by atoms with van der Waals surface area (Å²) in [4.78, 5) is 37.4. The molecule has 2 N–H and O–H groups in total. The minimum atomic E-state index is -0.0740. The van der Waals surface area contributed by atoms with E-state index >= 15 is 0 Å². The van der Waals surface area contributed by atoms with Crippen molar-refractivity contribution in [3.05, 3.63) is 61.5 Å². The van der Waals surface area contributed by atoms with Gasteiger partial charge in [-0.25, -0.2) is 4.98 Å². The van der Waals surface area contributed by atoms with Gasteiger partial charge in [0.05, 0.1) is 11.4 Å². The molecule has 0 bridgehead atoms. The molecule has 1 atom stereocenters. The highest BCUT2D eigenvalue weighted by molar-refractivity contribution is 7.18. The normalized spacial score (nSPS) is 14.4. The first-order chi connectivity index (χ1) is 16.0. The van der Waals surface area contributed by atoms with E-state index in [4.69, 9.17) is 11.6 Å². The highest BCUT2D eigenvalue weighted by atomic mass is 35.5. The third-order valence-corrected chi connectivity index (χ3v) is 8.00.